The largest absolute Gasteiger partial charge is 0.445 e. The molecule has 3 heterocycles. The van der Waals surface area contributed by atoms with Gasteiger partial charge in [0.2, 0.25) is 5.89 Å². The summed E-state index contributed by atoms with van der Waals surface area (Å²) in [7, 11) is 0. The van der Waals surface area contributed by atoms with Gasteiger partial charge in [-0.3, -0.25) is 0 Å². The Kier molecular flexibility index (Phi) is 4.45. The lowest BCUT2D eigenvalue weighted by atomic mass is 9.95. The van der Waals surface area contributed by atoms with E-state index < -0.39 is 17.5 Å². The predicted molar refractivity (Wildman–Crippen MR) is 88.5 cm³/mol. The molecule has 1 aromatic carbocycles. The SMILES string of the molecule is FC(F)(F)c1cccc(-c2coc(C3(Cc4ccccc4)COCO3)n2)n1. The Morgan fingerprint density at radius 3 is 2.48 bits per heavy atom. The van der Waals surface area contributed by atoms with Crippen LogP contribution in [0.1, 0.15) is 17.1 Å². The van der Waals surface area contributed by atoms with Crippen molar-refractivity contribution in [2.75, 3.05) is 13.4 Å². The van der Waals surface area contributed by atoms with Gasteiger partial charge in [0, 0.05) is 6.42 Å². The average Bonchev–Trinajstić information content (AvgIpc) is 3.32. The van der Waals surface area contributed by atoms with Gasteiger partial charge in [-0.25, -0.2) is 9.97 Å². The van der Waals surface area contributed by atoms with Crippen LogP contribution in [0.15, 0.2) is 59.2 Å². The normalized spacial score (nSPS) is 20.1. The van der Waals surface area contributed by atoms with Crippen LogP contribution < -0.4 is 0 Å². The molecular weight excluding hydrogens is 361 g/mol. The summed E-state index contributed by atoms with van der Waals surface area (Å²) in [5.74, 6) is 0.248. The Labute approximate surface area is 152 Å². The Balaban J connectivity index is 1.66. The molecule has 1 aliphatic rings. The first-order valence-electron chi connectivity index (χ1n) is 8.23. The summed E-state index contributed by atoms with van der Waals surface area (Å²) in [4.78, 5) is 7.99. The summed E-state index contributed by atoms with van der Waals surface area (Å²) in [6.07, 6.45) is -2.78. The molecule has 1 unspecified atom stereocenters. The molecule has 0 saturated carbocycles. The molecule has 0 N–H and O–H groups in total. The maximum absolute atomic E-state index is 12.9. The molecule has 140 valence electrons. The van der Waals surface area contributed by atoms with Gasteiger partial charge in [-0.2, -0.15) is 13.2 Å². The highest BCUT2D eigenvalue weighted by Gasteiger charge is 2.43. The fourth-order valence-corrected chi connectivity index (χ4v) is 2.97. The van der Waals surface area contributed by atoms with Crippen LogP contribution in [0.5, 0.6) is 0 Å². The van der Waals surface area contributed by atoms with E-state index in [1.54, 1.807) is 0 Å². The molecule has 1 fully saturated rings. The lowest BCUT2D eigenvalue weighted by Crippen LogP contribution is -2.31. The van der Waals surface area contributed by atoms with Crippen molar-refractivity contribution in [3.8, 4) is 11.4 Å². The van der Waals surface area contributed by atoms with Crippen LogP contribution in [-0.2, 0) is 27.7 Å². The number of halogens is 3. The zero-order valence-corrected chi connectivity index (χ0v) is 14.1. The van der Waals surface area contributed by atoms with E-state index in [-0.39, 0.29) is 30.7 Å². The molecule has 1 saturated heterocycles. The third-order valence-electron chi connectivity index (χ3n) is 4.28. The van der Waals surface area contributed by atoms with Crippen LogP contribution in [-0.4, -0.2) is 23.4 Å². The van der Waals surface area contributed by atoms with Crippen molar-refractivity contribution in [2.24, 2.45) is 0 Å². The third kappa shape index (κ3) is 3.58. The van der Waals surface area contributed by atoms with Crippen molar-refractivity contribution < 1.29 is 27.1 Å². The standard InChI is InChI=1S/C19H15F3N2O3/c20-19(21,22)16-8-4-7-14(23-16)15-10-26-17(24-15)18(11-25-12-27-18)9-13-5-2-1-3-6-13/h1-8,10H,9,11-12H2. The van der Waals surface area contributed by atoms with E-state index in [4.69, 9.17) is 13.9 Å². The molecule has 0 radical (unpaired) electrons. The van der Waals surface area contributed by atoms with E-state index in [9.17, 15) is 13.2 Å². The monoisotopic (exact) mass is 376 g/mol. The molecule has 8 heteroatoms. The Morgan fingerprint density at radius 2 is 1.78 bits per heavy atom. The van der Waals surface area contributed by atoms with E-state index in [1.165, 1.54) is 18.4 Å². The lowest BCUT2D eigenvalue weighted by Gasteiger charge is -2.22. The second-order valence-electron chi connectivity index (χ2n) is 6.21. The number of rotatable bonds is 4. The number of oxazole rings is 1. The van der Waals surface area contributed by atoms with Gasteiger partial charge >= 0.3 is 6.18 Å². The number of pyridine rings is 1. The molecule has 0 amide bonds. The Bertz CT molecular complexity index is 919. The van der Waals surface area contributed by atoms with Gasteiger partial charge in [0.1, 0.15) is 24.4 Å². The van der Waals surface area contributed by atoms with Crippen LogP contribution in [0.2, 0.25) is 0 Å². The number of ether oxygens (including phenoxy) is 2. The van der Waals surface area contributed by atoms with Gasteiger partial charge in [0.15, 0.2) is 5.60 Å². The van der Waals surface area contributed by atoms with E-state index >= 15 is 0 Å². The van der Waals surface area contributed by atoms with Crippen molar-refractivity contribution in [3.63, 3.8) is 0 Å². The Morgan fingerprint density at radius 1 is 0.963 bits per heavy atom. The summed E-state index contributed by atoms with van der Waals surface area (Å²) < 4.78 is 55.4. The van der Waals surface area contributed by atoms with Crippen LogP contribution in [0.4, 0.5) is 13.2 Å². The van der Waals surface area contributed by atoms with Gasteiger partial charge in [-0.15, -0.1) is 0 Å². The highest BCUT2D eigenvalue weighted by molar-refractivity contribution is 5.53. The van der Waals surface area contributed by atoms with E-state index in [1.807, 2.05) is 30.3 Å². The van der Waals surface area contributed by atoms with Gasteiger partial charge in [0.05, 0.1) is 12.3 Å². The summed E-state index contributed by atoms with van der Waals surface area (Å²) >= 11 is 0. The lowest BCUT2D eigenvalue weighted by molar-refractivity contribution is -0.141. The molecule has 4 rings (SSSR count). The minimum atomic E-state index is -4.53. The highest BCUT2D eigenvalue weighted by atomic mass is 19.4. The van der Waals surface area contributed by atoms with Crippen LogP contribution in [0.3, 0.4) is 0 Å². The second-order valence-corrected chi connectivity index (χ2v) is 6.21. The fourth-order valence-electron chi connectivity index (χ4n) is 2.97. The number of nitrogens with zero attached hydrogens (tertiary/aromatic N) is 2. The number of benzene rings is 1. The van der Waals surface area contributed by atoms with Crippen molar-refractivity contribution >= 4 is 0 Å². The maximum Gasteiger partial charge on any atom is 0.433 e. The predicted octanol–water partition coefficient (Wildman–Crippen LogP) is 4.20. The van der Waals surface area contributed by atoms with Crippen molar-refractivity contribution in [2.45, 2.75) is 18.2 Å². The molecule has 1 aliphatic heterocycles. The van der Waals surface area contributed by atoms with Crippen molar-refractivity contribution in [1.82, 2.24) is 9.97 Å². The van der Waals surface area contributed by atoms with Crippen LogP contribution >= 0.6 is 0 Å². The molecule has 1 atom stereocenters. The van der Waals surface area contributed by atoms with Gasteiger partial charge < -0.3 is 13.9 Å². The summed E-state index contributed by atoms with van der Waals surface area (Å²) in [5.41, 5.74) is -0.627. The average molecular weight is 376 g/mol. The second kappa shape index (κ2) is 6.79. The Hall–Kier alpha value is -2.71. The number of aromatic nitrogens is 2. The minimum Gasteiger partial charge on any atom is -0.445 e. The van der Waals surface area contributed by atoms with Gasteiger partial charge in [-0.05, 0) is 17.7 Å². The molecule has 5 nitrogen and oxygen atoms in total. The number of hydrogen-bond donors (Lipinski definition) is 0. The zero-order valence-electron chi connectivity index (χ0n) is 14.1. The summed E-state index contributed by atoms with van der Waals surface area (Å²) in [5, 5.41) is 0. The topological polar surface area (TPSA) is 57.4 Å². The molecule has 3 aromatic rings. The molecular formula is C19H15F3N2O3. The molecule has 0 bridgehead atoms. The van der Waals surface area contributed by atoms with Gasteiger partial charge in [-0.1, -0.05) is 36.4 Å². The smallest absolute Gasteiger partial charge is 0.433 e. The van der Waals surface area contributed by atoms with Crippen LogP contribution in [0.25, 0.3) is 11.4 Å². The van der Waals surface area contributed by atoms with Gasteiger partial charge in [0.25, 0.3) is 0 Å². The molecule has 27 heavy (non-hydrogen) atoms. The van der Waals surface area contributed by atoms with E-state index in [0.717, 1.165) is 11.6 Å². The third-order valence-corrected chi connectivity index (χ3v) is 4.28. The number of alkyl halides is 3. The number of hydrogen-bond acceptors (Lipinski definition) is 5. The van der Waals surface area contributed by atoms with Crippen molar-refractivity contribution in [3.05, 3.63) is 71.9 Å². The molecule has 0 aliphatic carbocycles. The molecule has 2 aromatic heterocycles. The fraction of sp³-hybridized carbons (Fsp3) is 0.263. The first-order chi connectivity index (χ1) is 13.0. The van der Waals surface area contributed by atoms with Crippen molar-refractivity contribution in [1.29, 1.82) is 0 Å². The van der Waals surface area contributed by atoms with E-state index in [2.05, 4.69) is 9.97 Å². The summed E-state index contributed by atoms with van der Waals surface area (Å²) in [6, 6.07) is 13.3. The minimum absolute atomic E-state index is 0.0774. The van der Waals surface area contributed by atoms with Crippen LogP contribution in [0, 0.1) is 0 Å². The maximum atomic E-state index is 12.9. The van der Waals surface area contributed by atoms with E-state index in [0.29, 0.717) is 6.42 Å². The molecule has 0 spiro atoms. The first kappa shape index (κ1) is 17.7. The first-order valence-corrected chi connectivity index (χ1v) is 8.23. The highest BCUT2D eigenvalue weighted by Crippen LogP contribution is 2.35. The zero-order chi connectivity index (χ0) is 18.9. The quantitative estimate of drug-likeness (QED) is 0.683. The summed E-state index contributed by atoms with van der Waals surface area (Å²) in [6.45, 7) is 0.324.